The van der Waals surface area contributed by atoms with Crippen molar-refractivity contribution in [1.29, 1.82) is 5.41 Å². The lowest BCUT2D eigenvalue weighted by Crippen LogP contribution is -2.23. The summed E-state index contributed by atoms with van der Waals surface area (Å²) in [6.45, 7) is 0. The molecule has 0 fully saturated rings. The smallest absolute Gasteiger partial charge is 0.233 e. The molecule has 1 aromatic rings. The van der Waals surface area contributed by atoms with E-state index in [9.17, 15) is 4.79 Å². The zero-order valence-corrected chi connectivity index (χ0v) is 6.27. The Hall–Kier alpha value is -1.78. The molecular formula is C7H8N4O. The molecule has 0 spiro atoms. The van der Waals surface area contributed by atoms with Gasteiger partial charge in [0, 0.05) is 18.6 Å². The van der Waals surface area contributed by atoms with Gasteiger partial charge in [0.1, 0.15) is 11.7 Å². The molecule has 1 unspecified atom stereocenters. The SMILES string of the molecule is N=CC(C(N)=O)c1ncccn1. The normalized spacial score (nSPS) is 12.0. The molecule has 62 valence electrons. The van der Waals surface area contributed by atoms with Crippen molar-refractivity contribution in [2.24, 2.45) is 5.73 Å². The zero-order chi connectivity index (χ0) is 8.97. The Morgan fingerprint density at radius 3 is 2.58 bits per heavy atom. The van der Waals surface area contributed by atoms with Gasteiger partial charge < -0.3 is 11.1 Å². The van der Waals surface area contributed by atoms with Crippen molar-refractivity contribution in [3.63, 3.8) is 0 Å². The molecule has 0 aliphatic heterocycles. The summed E-state index contributed by atoms with van der Waals surface area (Å²) in [6.07, 6.45) is 3.93. The van der Waals surface area contributed by atoms with Crippen LogP contribution in [0.4, 0.5) is 0 Å². The number of primary amides is 1. The Labute approximate surface area is 69.2 Å². The summed E-state index contributed by atoms with van der Waals surface area (Å²) in [4.78, 5) is 18.3. The van der Waals surface area contributed by atoms with Gasteiger partial charge in [-0.25, -0.2) is 9.97 Å². The summed E-state index contributed by atoms with van der Waals surface area (Å²) in [5, 5.41) is 6.92. The molecule has 3 N–H and O–H groups in total. The summed E-state index contributed by atoms with van der Waals surface area (Å²) in [5.41, 5.74) is 5.01. The van der Waals surface area contributed by atoms with Crippen LogP contribution in [0.5, 0.6) is 0 Å². The monoisotopic (exact) mass is 164 g/mol. The molecule has 1 heterocycles. The third-order valence-electron chi connectivity index (χ3n) is 1.34. The highest BCUT2D eigenvalue weighted by molar-refractivity contribution is 5.96. The average Bonchev–Trinajstić information content (AvgIpc) is 2.07. The quantitative estimate of drug-likeness (QED) is 0.600. The highest BCUT2D eigenvalue weighted by Gasteiger charge is 2.16. The van der Waals surface area contributed by atoms with E-state index < -0.39 is 11.8 Å². The lowest BCUT2D eigenvalue weighted by Gasteiger charge is -2.03. The van der Waals surface area contributed by atoms with Gasteiger partial charge in [0.25, 0.3) is 0 Å². The minimum Gasteiger partial charge on any atom is -0.369 e. The topological polar surface area (TPSA) is 92.7 Å². The molecule has 0 aliphatic carbocycles. The molecule has 1 rings (SSSR count). The molecule has 0 aromatic carbocycles. The van der Waals surface area contributed by atoms with E-state index in [1.165, 1.54) is 12.4 Å². The van der Waals surface area contributed by atoms with Crippen molar-refractivity contribution in [3.8, 4) is 0 Å². The van der Waals surface area contributed by atoms with Crippen molar-refractivity contribution in [2.75, 3.05) is 0 Å². The van der Waals surface area contributed by atoms with Crippen LogP contribution in [0.25, 0.3) is 0 Å². The van der Waals surface area contributed by atoms with E-state index in [0.717, 1.165) is 6.21 Å². The third kappa shape index (κ3) is 1.63. The molecule has 5 heteroatoms. The van der Waals surface area contributed by atoms with Crippen molar-refractivity contribution >= 4 is 12.1 Å². The molecule has 0 saturated heterocycles. The highest BCUT2D eigenvalue weighted by Crippen LogP contribution is 2.04. The van der Waals surface area contributed by atoms with Crippen LogP contribution in [0.3, 0.4) is 0 Å². The van der Waals surface area contributed by atoms with Gasteiger partial charge in [-0.2, -0.15) is 0 Å². The van der Waals surface area contributed by atoms with Crippen LogP contribution < -0.4 is 5.73 Å². The fourth-order valence-corrected chi connectivity index (χ4v) is 0.755. The number of nitrogens with one attached hydrogen (secondary N) is 1. The van der Waals surface area contributed by atoms with Crippen LogP contribution in [0, 0.1) is 5.41 Å². The van der Waals surface area contributed by atoms with Gasteiger partial charge >= 0.3 is 0 Å². The summed E-state index contributed by atoms with van der Waals surface area (Å²) in [5.74, 6) is -1.16. The summed E-state index contributed by atoms with van der Waals surface area (Å²) in [7, 11) is 0. The second-order valence-corrected chi connectivity index (χ2v) is 2.15. The summed E-state index contributed by atoms with van der Waals surface area (Å²) >= 11 is 0. The molecule has 12 heavy (non-hydrogen) atoms. The average molecular weight is 164 g/mol. The second kappa shape index (κ2) is 3.56. The van der Waals surface area contributed by atoms with Gasteiger partial charge in [-0.3, -0.25) is 4.79 Å². The van der Waals surface area contributed by atoms with Crippen LogP contribution in [-0.4, -0.2) is 22.1 Å². The maximum atomic E-state index is 10.7. The van der Waals surface area contributed by atoms with Crippen molar-refractivity contribution in [3.05, 3.63) is 24.3 Å². The first kappa shape index (κ1) is 8.32. The molecule has 0 radical (unpaired) electrons. The van der Waals surface area contributed by atoms with Crippen LogP contribution in [-0.2, 0) is 4.79 Å². The molecule has 1 atom stereocenters. The molecule has 1 amide bonds. The Balaban J connectivity index is 2.95. The van der Waals surface area contributed by atoms with E-state index in [1.807, 2.05) is 0 Å². The minimum absolute atomic E-state index is 0.264. The van der Waals surface area contributed by atoms with E-state index in [-0.39, 0.29) is 5.82 Å². The van der Waals surface area contributed by atoms with E-state index in [2.05, 4.69) is 9.97 Å². The highest BCUT2D eigenvalue weighted by atomic mass is 16.1. The Morgan fingerprint density at radius 2 is 2.17 bits per heavy atom. The van der Waals surface area contributed by atoms with Crippen LogP contribution >= 0.6 is 0 Å². The maximum Gasteiger partial charge on any atom is 0.233 e. The van der Waals surface area contributed by atoms with Crippen LogP contribution in [0.2, 0.25) is 0 Å². The number of carbonyl (C=O) groups is 1. The summed E-state index contributed by atoms with van der Waals surface area (Å²) < 4.78 is 0. The van der Waals surface area contributed by atoms with Gasteiger partial charge in [0.2, 0.25) is 5.91 Å². The first-order chi connectivity index (χ1) is 5.75. The lowest BCUT2D eigenvalue weighted by molar-refractivity contribution is -0.118. The standard InChI is InChI=1S/C7H8N4O/c8-4-5(6(9)12)7-10-2-1-3-11-7/h1-5,8H,(H2,9,12). The van der Waals surface area contributed by atoms with Gasteiger partial charge in [-0.15, -0.1) is 0 Å². The number of amides is 1. The first-order valence-electron chi connectivity index (χ1n) is 3.32. The largest absolute Gasteiger partial charge is 0.369 e. The van der Waals surface area contributed by atoms with E-state index in [1.54, 1.807) is 6.07 Å². The molecule has 5 nitrogen and oxygen atoms in total. The zero-order valence-electron chi connectivity index (χ0n) is 6.27. The third-order valence-corrected chi connectivity index (χ3v) is 1.34. The van der Waals surface area contributed by atoms with Crippen LogP contribution in [0.1, 0.15) is 11.7 Å². The Kier molecular flexibility index (Phi) is 2.47. The Morgan fingerprint density at radius 1 is 1.58 bits per heavy atom. The number of rotatable bonds is 3. The molecule has 0 saturated carbocycles. The molecule has 1 aromatic heterocycles. The van der Waals surface area contributed by atoms with E-state index >= 15 is 0 Å². The fraction of sp³-hybridized carbons (Fsp3) is 0.143. The number of hydrogen-bond acceptors (Lipinski definition) is 4. The fourth-order valence-electron chi connectivity index (χ4n) is 0.755. The van der Waals surface area contributed by atoms with Gasteiger partial charge in [0.15, 0.2) is 0 Å². The predicted octanol–water partition coefficient (Wildman–Crippen LogP) is -0.305. The van der Waals surface area contributed by atoms with Gasteiger partial charge in [-0.1, -0.05) is 0 Å². The van der Waals surface area contributed by atoms with Gasteiger partial charge in [0.05, 0.1) is 0 Å². The van der Waals surface area contributed by atoms with Crippen molar-refractivity contribution < 1.29 is 4.79 Å². The second-order valence-electron chi connectivity index (χ2n) is 2.15. The number of carbonyl (C=O) groups excluding carboxylic acids is 1. The van der Waals surface area contributed by atoms with Crippen molar-refractivity contribution in [2.45, 2.75) is 5.92 Å². The van der Waals surface area contributed by atoms with E-state index in [0.29, 0.717) is 0 Å². The number of nitrogens with zero attached hydrogens (tertiary/aromatic N) is 2. The molecular weight excluding hydrogens is 156 g/mol. The number of aromatic nitrogens is 2. The molecule has 0 aliphatic rings. The van der Waals surface area contributed by atoms with E-state index in [4.69, 9.17) is 11.1 Å². The first-order valence-corrected chi connectivity index (χ1v) is 3.32. The summed E-state index contributed by atoms with van der Waals surface area (Å²) in [6, 6.07) is 1.63. The lowest BCUT2D eigenvalue weighted by atomic mass is 10.1. The molecule has 0 bridgehead atoms. The van der Waals surface area contributed by atoms with Crippen molar-refractivity contribution in [1.82, 2.24) is 9.97 Å². The van der Waals surface area contributed by atoms with Gasteiger partial charge in [-0.05, 0) is 6.07 Å². The number of nitrogens with two attached hydrogens (primary N) is 1. The Bertz CT molecular complexity index is 285. The minimum atomic E-state index is -0.814. The maximum absolute atomic E-state index is 10.7. The predicted molar refractivity (Wildman–Crippen MR) is 42.8 cm³/mol. The van der Waals surface area contributed by atoms with Crippen LogP contribution in [0.15, 0.2) is 18.5 Å². The number of hydrogen-bond donors (Lipinski definition) is 2.